The third-order valence-corrected chi connectivity index (χ3v) is 1.89. The van der Waals surface area contributed by atoms with Gasteiger partial charge in [0.2, 0.25) is 0 Å². The van der Waals surface area contributed by atoms with Crippen LogP contribution in [-0.2, 0) is 0 Å². The maximum absolute atomic E-state index is 10.6. The predicted molar refractivity (Wildman–Crippen MR) is 50.5 cm³/mol. The van der Waals surface area contributed by atoms with Crippen molar-refractivity contribution in [3.63, 3.8) is 0 Å². The van der Waals surface area contributed by atoms with E-state index in [1.54, 1.807) is 6.92 Å². The zero-order valence-corrected chi connectivity index (χ0v) is 7.86. The Bertz CT molecular complexity index is 494. The van der Waals surface area contributed by atoms with Crippen LogP contribution in [0.25, 0.3) is 5.82 Å². The van der Waals surface area contributed by atoms with E-state index in [-0.39, 0.29) is 5.69 Å². The first-order chi connectivity index (χ1) is 7.18. The summed E-state index contributed by atoms with van der Waals surface area (Å²) in [5, 5.41) is 14.4. The third kappa shape index (κ3) is 1.66. The van der Waals surface area contributed by atoms with Gasteiger partial charge in [-0.3, -0.25) is 10.1 Å². The van der Waals surface area contributed by atoms with Crippen molar-refractivity contribution in [3.8, 4) is 5.82 Å². The smallest absolute Gasteiger partial charge is 0.258 e. The lowest BCUT2D eigenvalue weighted by molar-refractivity contribution is -0.385. The zero-order chi connectivity index (χ0) is 10.8. The summed E-state index contributed by atoms with van der Waals surface area (Å²) in [7, 11) is 0. The van der Waals surface area contributed by atoms with Gasteiger partial charge in [0.05, 0.1) is 4.92 Å². The van der Waals surface area contributed by atoms with Gasteiger partial charge in [-0.05, 0) is 13.0 Å². The van der Waals surface area contributed by atoms with E-state index in [0.29, 0.717) is 11.5 Å². The van der Waals surface area contributed by atoms with Gasteiger partial charge in [-0.1, -0.05) is 0 Å². The fourth-order valence-electron chi connectivity index (χ4n) is 1.19. The minimum absolute atomic E-state index is 0.00105. The molecular formula is C8H7N5O2. The predicted octanol–water partition coefficient (Wildman–Crippen LogP) is 0.879. The summed E-state index contributed by atoms with van der Waals surface area (Å²) < 4.78 is 1.44. The van der Waals surface area contributed by atoms with Crippen LogP contribution in [0, 0.1) is 17.0 Å². The first-order valence-electron chi connectivity index (χ1n) is 4.15. The van der Waals surface area contributed by atoms with Crippen molar-refractivity contribution in [2.45, 2.75) is 6.92 Å². The Labute approximate surface area is 84.6 Å². The second-order valence-electron chi connectivity index (χ2n) is 2.87. The van der Waals surface area contributed by atoms with Crippen LogP contribution in [-0.4, -0.2) is 24.7 Å². The topological polar surface area (TPSA) is 86.7 Å². The normalized spacial score (nSPS) is 10.2. The minimum atomic E-state index is -0.465. The SMILES string of the molecule is Cc1nc(-n2cncn2)ccc1[N+](=O)[O-]. The number of aromatic nitrogens is 4. The van der Waals surface area contributed by atoms with Gasteiger partial charge in [0, 0.05) is 6.07 Å². The van der Waals surface area contributed by atoms with E-state index in [0.717, 1.165) is 0 Å². The lowest BCUT2D eigenvalue weighted by Gasteiger charge is -2.00. The minimum Gasteiger partial charge on any atom is -0.258 e. The molecule has 2 heterocycles. The molecule has 2 aromatic rings. The van der Waals surface area contributed by atoms with Gasteiger partial charge in [0.25, 0.3) is 5.69 Å². The Morgan fingerprint density at radius 1 is 1.47 bits per heavy atom. The molecule has 0 aromatic carbocycles. The van der Waals surface area contributed by atoms with E-state index in [9.17, 15) is 10.1 Å². The highest BCUT2D eigenvalue weighted by atomic mass is 16.6. The molecule has 0 saturated carbocycles. The lowest BCUT2D eigenvalue weighted by atomic mass is 10.3. The second-order valence-corrected chi connectivity index (χ2v) is 2.87. The Kier molecular flexibility index (Phi) is 2.13. The first-order valence-corrected chi connectivity index (χ1v) is 4.15. The molecule has 2 rings (SSSR count). The fourth-order valence-corrected chi connectivity index (χ4v) is 1.19. The van der Waals surface area contributed by atoms with E-state index in [2.05, 4.69) is 15.1 Å². The number of hydrogen-bond donors (Lipinski definition) is 0. The molecule has 76 valence electrons. The molecule has 0 spiro atoms. The van der Waals surface area contributed by atoms with Crippen LogP contribution in [0.2, 0.25) is 0 Å². The largest absolute Gasteiger partial charge is 0.290 e. The van der Waals surface area contributed by atoms with Gasteiger partial charge in [-0.2, -0.15) is 5.10 Å². The molecule has 0 bridgehead atoms. The summed E-state index contributed by atoms with van der Waals surface area (Å²) in [4.78, 5) is 17.9. The molecule has 0 unspecified atom stereocenters. The van der Waals surface area contributed by atoms with Gasteiger partial charge in [0.15, 0.2) is 5.82 Å². The second kappa shape index (κ2) is 3.45. The molecule has 0 radical (unpaired) electrons. The van der Waals surface area contributed by atoms with Crippen LogP contribution in [0.5, 0.6) is 0 Å². The van der Waals surface area contributed by atoms with Crippen LogP contribution >= 0.6 is 0 Å². The van der Waals surface area contributed by atoms with Crippen LogP contribution in [0.3, 0.4) is 0 Å². The van der Waals surface area contributed by atoms with Crippen molar-refractivity contribution < 1.29 is 4.92 Å². The molecule has 0 aliphatic carbocycles. The van der Waals surface area contributed by atoms with E-state index in [1.807, 2.05) is 0 Å². The number of rotatable bonds is 2. The summed E-state index contributed by atoms with van der Waals surface area (Å²) in [6, 6.07) is 2.93. The molecule has 0 saturated heterocycles. The van der Waals surface area contributed by atoms with Crippen LogP contribution in [0.4, 0.5) is 5.69 Å². The summed E-state index contributed by atoms with van der Waals surface area (Å²) in [6.07, 6.45) is 2.85. The van der Waals surface area contributed by atoms with Gasteiger partial charge < -0.3 is 0 Å². The molecule has 0 amide bonds. The molecule has 0 aliphatic heterocycles. The zero-order valence-electron chi connectivity index (χ0n) is 7.86. The average molecular weight is 205 g/mol. The molecule has 2 aromatic heterocycles. The van der Waals surface area contributed by atoms with Gasteiger partial charge in [-0.15, -0.1) is 0 Å². The highest BCUT2D eigenvalue weighted by Crippen LogP contribution is 2.16. The maximum Gasteiger partial charge on any atom is 0.290 e. The number of pyridine rings is 1. The quantitative estimate of drug-likeness (QED) is 0.536. The van der Waals surface area contributed by atoms with Gasteiger partial charge in [0.1, 0.15) is 18.3 Å². The van der Waals surface area contributed by atoms with E-state index in [1.165, 1.54) is 29.5 Å². The highest BCUT2D eigenvalue weighted by Gasteiger charge is 2.12. The molecule has 0 fully saturated rings. The van der Waals surface area contributed by atoms with Gasteiger partial charge in [-0.25, -0.2) is 14.6 Å². The molecule has 0 atom stereocenters. The van der Waals surface area contributed by atoms with E-state index >= 15 is 0 Å². The summed E-state index contributed by atoms with van der Waals surface area (Å²) in [5.74, 6) is 0.510. The summed E-state index contributed by atoms with van der Waals surface area (Å²) >= 11 is 0. The molecule has 7 nitrogen and oxygen atoms in total. The fraction of sp³-hybridized carbons (Fsp3) is 0.125. The van der Waals surface area contributed by atoms with Gasteiger partial charge >= 0.3 is 0 Å². The number of nitro groups is 1. The average Bonchev–Trinajstić information content (AvgIpc) is 2.69. The molecule has 0 N–H and O–H groups in total. The standard InChI is InChI=1S/C8H7N5O2/c1-6-7(13(14)15)2-3-8(11-6)12-5-9-4-10-12/h2-5H,1H3. The van der Waals surface area contributed by atoms with Crippen molar-refractivity contribution >= 4 is 5.69 Å². The number of aryl methyl sites for hydroxylation is 1. The van der Waals surface area contributed by atoms with Crippen LogP contribution in [0.15, 0.2) is 24.8 Å². The maximum atomic E-state index is 10.6. The molecule has 15 heavy (non-hydrogen) atoms. The number of hydrogen-bond acceptors (Lipinski definition) is 5. The monoisotopic (exact) mass is 205 g/mol. The summed E-state index contributed by atoms with van der Waals surface area (Å²) in [5.41, 5.74) is 0.354. The third-order valence-electron chi connectivity index (χ3n) is 1.89. The molecule has 0 aliphatic rings. The van der Waals surface area contributed by atoms with Crippen molar-refractivity contribution in [2.75, 3.05) is 0 Å². The Morgan fingerprint density at radius 2 is 2.27 bits per heavy atom. The highest BCUT2D eigenvalue weighted by molar-refractivity contribution is 5.38. The molecule has 7 heteroatoms. The first kappa shape index (κ1) is 9.25. The molecular weight excluding hydrogens is 198 g/mol. The van der Waals surface area contributed by atoms with E-state index in [4.69, 9.17) is 0 Å². The van der Waals surface area contributed by atoms with Crippen LogP contribution in [0.1, 0.15) is 5.69 Å². The Hall–Kier alpha value is -2.31. The van der Waals surface area contributed by atoms with Crippen LogP contribution < -0.4 is 0 Å². The van der Waals surface area contributed by atoms with Crippen molar-refractivity contribution in [3.05, 3.63) is 40.6 Å². The number of nitrogens with zero attached hydrogens (tertiary/aromatic N) is 5. The van der Waals surface area contributed by atoms with Crippen molar-refractivity contribution in [2.24, 2.45) is 0 Å². The lowest BCUT2D eigenvalue weighted by Crippen LogP contribution is -2.01. The Morgan fingerprint density at radius 3 is 2.80 bits per heavy atom. The van der Waals surface area contributed by atoms with E-state index < -0.39 is 4.92 Å². The van der Waals surface area contributed by atoms with Crippen molar-refractivity contribution in [1.29, 1.82) is 0 Å². The Balaban J connectivity index is 2.47. The van der Waals surface area contributed by atoms with Crippen molar-refractivity contribution in [1.82, 2.24) is 19.7 Å². The summed E-state index contributed by atoms with van der Waals surface area (Å²) in [6.45, 7) is 1.58.